The number of hydrogen-bond donors (Lipinski definition) is 4. The zero-order chi connectivity index (χ0) is 13.7. The predicted octanol–water partition coefficient (Wildman–Crippen LogP) is 0.202. The van der Waals surface area contributed by atoms with Crippen molar-refractivity contribution in [1.29, 1.82) is 0 Å². The minimum atomic E-state index is -0.774. The second-order valence-corrected chi connectivity index (χ2v) is 3.75. The summed E-state index contributed by atoms with van der Waals surface area (Å²) in [4.78, 5) is 22.2. The van der Waals surface area contributed by atoms with Gasteiger partial charge in [-0.3, -0.25) is 4.79 Å². The van der Waals surface area contributed by atoms with Crippen molar-refractivity contribution in [3.8, 4) is 0 Å². The first-order valence-corrected chi connectivity index (χ1v) is 5.59. The fraction of sp³-hybridized carbons (Fsp3) is 0.182. The summed E-state index contributed by atoms with van der Waals surface area (Å²) in [5.74, 6) is 3.63. The molecule has 0 aromatic carbocycles. The van der Waals surface area contributed by atoms with Crippen molar-refractivity contribution in [3.63, 3.8) is 0 Å². The van der Waals surface area contributed by atoms with Gasteiger partial charge in [0.2, 0.25) is 0 Å². The highest BCUT2D eigenvalue weighted by atomic mass is 19.1. The van der Waals surface area contributed by atoms with Gasteiger partial charge in [0.15, 0.2) is 11.6 Å². The van der Waals surface area contributed by atoms with E-state index in [0.717, 1.165) is 5.69 Å². The van der Waals surface area contributed by atoms with Crippen molar-refractivity contribution in [2.45, 2.75) is 6.42 Å². The number of nitrogens with zero attached hydrogens (tertiary/aromatic N) is 2. The van der Waals surface area contributed by atoms with Crippen molar-refractivity contribution in [1.82, 2.24) is 20.3 Å². The fourth-order valence-electron chi connectivity index (χ4n) is 1.55. The average molecular weight is 264 g/mol. The van der Waals surface area contributed by atoms with E-state index in [2.05, 4.69) is 25.7 Å². The Kier molecular flexibility index (Phi) is 4.04. The summed E-state index contributed by atoms with van der Waals surface area (Å²) in [7, 11) is 0. The number of aromatic amines is 1. The van der Waals surface area contributed by atoms with Gasteiger partial charge in [0, 0.05) is 31.1 Å². The van der Waals surface area contributed by atoms with Crippen LogP contribution in [-0.4, -0.2) is 27.4 Å². The lowest BCUT2D eigenvalue weighted by molar-refractivity contribution is 0.0950. The van der Waals surface area contributed by atoms with Crippen molar-refractivity contribution in [2.24, 2.45) is 5.84 Å². The molecule has 0 saturated carbocycles. The molecule has 100 valence electrons. The van der Waals surface area contributed by atoms with Gasteiger partial charge >= 0.3 is 0 Å². The lowest BCUT2D eigenvalue weighted by Crippen LogP contribution is -2.27. The van der Waals surface area contributed by atoms with Crippen molar-refractivity contribution < 1.29 is 9.18 Å². The molecule has 0 saturated heterocycles. The third kappa shape index (κ3) is 3.05. The Bertz CT molecular complexity index is 556. The zero-order valence-corrected chi connectivity index (χ0v) is 9.98. The number of anilines is 1. The van der Waals surface area contributed by atoms with E-state index in [1.54, 1.807) is 12.5 Å². The number of amides is 1. The van der Waals surface area contributed by atoms with Crippen LogP contribution in [0.3, 0.4) is 0 Å². The van der Waals surface area contributed by atoms with Crippen LogP contribution in [0.25, 0.3) is 0 Å². The molecule has 0 bridgehead atoms. The van der Waals surface area contributed by atoms with Crippen LogP contribution < -0.4 is 16.6 Å². The highest BCUT2D eigenvalue weighted by molar-refractivity contribution is 5.95. The van der Waals surface area contributed by atoms with Gasteiger partial charge < -0.3 is 15.7 Å². The SMILES string of the molecule is NNc1nccc(C(=O)NCCc2cnc[nH]2)c1F. The molecule has 0 unspecified atom stereocenters. The van der Waals surface area contributed by atoms with E-state index in [9.17, 15) is 9.18 Å². The maximum absolute atomic E-state index is 13.7. The molecule has 2 heterocycles. The zero-order valence-electron chi connectivity index (χ0n) is 9.98. The summed E-state index contributed by atoms with van der Waals surface area (Å²) in [5.41, 5.74) is 2.87. The van der Waals surface area contributed by atoms with Crippen LogP contribution in [0.2, 0.25) is 0 Å². The Balaban J connectivity index is 1.96. The summed E-state index contributed by atoms with van der Waals surface area (Å²) < 4.78 is 13.7. The molecule has 7 nitrogen and oxygen atoms in total. The summed E-state index contributed by atoms with van der Waals surface area (Å²) in [5, 5.41) is 2.61. The summed E-state index contributed by atoms with van der Waals surface area (Å²) in [6.07, 6.45) is 5.11. The molecule has 0 fully saturated rings. The average Bonchev–Trinajstić information content (AvgIpc) is 2.92. The van der Waals surface area contributed by atoms with E-state index in [0.29, 0.717) is 13.0 Å². The van der Waals surface area contributed by atoms with Crippen LogP contribution in [0, 0.1) is 5.82 Å². The molecule has 0 radical (unpaired) electrons. The van der Waals surface area contributed by atoms with Gasteiger partial charge in [0.05, 0.1) is 11.9 Å². The number of nitrogen functional groups attached to an aromatic ring is 1. The number of halogens is 1. The number of carbonyl (C=O) groups excluding carboxylic acids is 1. The number of H-pyrrole nitrogens is 1. The van der Waals surface area contributed by atoms with Crippen molar-refractivity contribution in [3.05, 3.63) is 41.9 Å². The molecule has 19 heavy (non-hydrogen) atoms. The second-order valence-electron chi connectivity index (χ2n) is 3.75. The molecular formula is C11H13FN6O. The monoisotopic (exact) mass is 264 g/mol. The Labute approximate surface area is 108 Å². The maximum atomic E-state index is 13.7. The van der Waals surface area contributed by atoms with E-state index in [-0.39, 0.29) is 11.4 Å². The summed E-state index contributed by atoms with van der Waals surface area (Å²) in [6, 6.07) is 1.29. The lowest BCUT2D eigenvalue weighted by atomic mass is 10.2. The van der Waals surface area contributed by atoms with Gasteiger partial charge in [-0.05, 0) is 6.07 Å². The van der Waals surface area contributed by atoms with Crippen LogP contribution in [-0.2, 0) is 6.42 Å². The molecule has 0 atom stereocenters. The fourth-order valence-corrected chi connectivity index (χ4v) is 1.55. The van der Waals surface area contributed by atoms with Crippen LogP contribution in [0.5, 0.6) is 0 Å². The van der Waals surface area contributed by atoms with Crippen LogP contribution in [0.15, 0.2) is 24.8 Å². The van der Waals surface area contributed by atoms with Gasteiger partial charge in [-0.15, -0.1) is 0 Å². The van der Waals surface area contributed by atoms with Gasteiger partial charge in [-0.2, -0.15) is 0 Å². The highest BCUT2D eigenvalue weighted by Crippen LogP contribution is 2.13. The number of carbonyl (C=O) groups is 1. The minimum Gasteiger partial charge on any atom is -0.352 e. The Morgan fingerprint density at radius 3 is 3.05 bits per heavy atom. The number of pyridine rings is 1. The highest BCUT2D eigenvalue weighted by Gasteiger charge is 2.15. The molecule has 2 aromatic heterocycles. The van der Waals surface area contributed by atoms with E-state index >= 15 is 0 Å². The topological polar surface area (TPSA) is 109 Å². The van der Waals surface area contributed by atoms with Crippen LogP contribution in [0.4, 0.5) is 10.2 Å². The first-order valence-electron chi connectivity index (χ1n) is 5.59. The van der Waals surface area contributed by atoms with Gasteiger partial charge in [-0.25, -0.2) is 20.2 Å². The molecule has 0 aliphatic carbocycles. The van der Waals surface area contributed by atoms with E-state index in [4.69, 9.17) is 5.84 Å². The quantitative estimate of drug-likeness (QED) is 0.456. The third-order valence-electron chi connectivity index (χ3n) is 2.51. The largest absolute Gasteiger partial charge is 0.352 e. The Morgan fingerprint density at radius 1 is 1.53 bits per heavy atom. The van der Waals surface area contributed by atoms with Crippen molar-refractivity contribution in [2.75, 3.05) is 12.0 Å². The number of aromatic nitrogens is 3. The Morgan fingerprint density at radius 2 is 2.37 bits per heavy atom. The van der Waals surface area contributed by atoms with E-state index in [1.807, 2.05) is 0 Å². The van der Waals surface area contributed by atoms with Gasteiger partial charge in [-0.1, -0.05) is 0 Å². The molecule has 5 N–H and O–H groups in total. The summed E-state index contributed by atoms with van der Waals surface area (Å²) in [6.45, 7) is 0.369. The molecule has 0 aliphatic heterocycles. The molecule has 0 aliphatic rings. The lowest BCUT2D eigenvalue weighted by Gasteiger charge is -2.07. The molecule has 1 amide bonds. The van der Waals surface area contributed by atoms with E-state index in [1.165, 1.54) is 12.3 Å². The third-order valence-corrected chi connectivity index (χ3v) is 2.51. The van der Waals surface area contributed by atoms with Crippen LogP contribution >= 0.6 is 0 Å². The minimum absolute atomic E-state index is 0.104. The van der Waals surface area contributed by atoms with Gasteiger partial charge in [0.1, 0.15) is 0 Å². The predicted molar refractivity (Wildman–Crippen MR) is 66.6 cm³/mol. The Hall–Kier alpha value is -2.48. The number of rotatable bonds is 5. The maximum Gasteiger partial charge on any atom is 0.254 e. The molecule has 2 rings (SSSR count). The smallest absolute Gasteiger partial charge is 0.254 e. The number of imidazole rings is 1. The standard InChI is InChI=1S/C11H13FN6O/c12-9-8(2-4-15-10(9)18-13)11(19)16-3-1-7-5-14-6-17-7/h2,4-6H,1,3,13H2,(H,14,17)(H,15,18)(H,16,19). The number of hydrazine groups is 1. The molecular weight excluding hydrogens is 251 g/mol. The van der Waals surface area contributed by atoms with E-state index < -0.39 is 11.7 Å². The summed E-state index contributed by atoms with van der Waals surface area (Å²) >= 11 is 0. The second kappa shape index (κ2) is 5.91. The van der Waals surface area contributed by atoms with Crippen molar-refractivity contribution >= 4 is 11.7 Å². The number of hydrogen-bond acceptors (Lipinski definition) is 5. The normalized spacial score (nSPS) is 10.2. The number of nitrogens with two attached hydrogens (primary N) is 1. The first-order chi connectivity index (χ1) is 9.22. The van der Waals surface area contributed by atoms with Crippen LogP contribution in [0.1, 0.15) is 16.1 Å². The molecule has 0 spiro atoms. The number of nitrogens with one attached hydrogen (secondary N) is 3. The molecule has 8 heteroatoms. The van der Waals surface area contributed by atoms with Gasteiger partial charge in [0.25, 0.3) is 5.91 Å². The molecule has 2 aromatic rings. The first kappa shape index (κ1) is 13.0.